The standard InChI is InChI=1S/C10H18N2O3S/c1-7(16-6-8(11)10(14)15)9(13)12-4-2-3-5-12/h7-8H,2-6,11H2,1H3,(H,14,15)/t7?,8-/m0/s1. The Bertz CT molecular complexity index is 267. The largest absolute Gasteiger partial charge is 0.480 e. The van der Waals surface area contributed by atoms with E-state index in [1.165, 1.54) is 11.8 Å². The van der Waals surface area contributed by atoms with Gasteiger partial charge in [-0.1, -0.05) is 0 Å². The highest BCUT2D eigenvalue weighted by Crippen LogP contribution is 2.17. The van der Waals surface area contributed by atoms with E-state index in [1.54, 1.807) is 6.92 Å². The average molecular weight is 246 g/mol. The van der Waals surface area contributed by atoms with Gasteiger partial charge in [-0.2, -0.15) is 0 Å². The molecule has 0 aromatic rings. The molecule has 1 unspecified atom stereocenters. The number of amides is 1. The van der Waals surface area contributed by atoms with Crippen molar-refractivity contribution in [2.75, 3.05) is 18.8 Å². The molecule has 6 heteroatoms. The van der Waals surface area contributed by atoms with Crippen molar-refractivity contribution in [3.05, 3.63) is 0 Å². The first-order valence-corrected chi connectivity index (χ1v) is 6.46. The minimum absolute atomic E-state index is 0.0973. The van der Waals surface area contributed by atoms with Crippen LogP contribution in [0.5, 0.6) is 0 Å². The predicted molar refractivity (Wildman–Crippen MR) is 63.3 cm³/mol. The van der Waals surface area contributed by atoms with Crippen molar-refractivity contribution in [2.45, 2.75) is 31.1 Å². The fraction of sp³-hybridized carbons (Fsp3) is 0.800. The van der Waals surface area contributed by atoms with Crippen molar-refractivity contribution in [3.63, 3.8) is 0 Å². The molecule has 92 valence electrons. The quantitative estimate of drug-likeness (QED) is 0.721. The fourth-order valence-corrected chi connectivity index (χ4v) is 2.52. The number of nitrogens with two attached hydrogens (primary N) is 1. The lowest BCUT2D eigenvalue weighted by molar-refractivity contribution is -0.138. The molecule has 0 radical (unpaired) electrons. The molecule has 0 aromatic carbocycles. The summed E-state index contributed by atoms with van der Waals surface area (Å²) in [6.07, 6.45) is 2.13. The van der Waals surface area contributed by atoms with Gasteiger partial charge < -0.3 is 15.7 Å². The summed E-state index contributed by atoms with van der Waals surface area (Å²) in [4.78, 5) is 24.2. The normalized spacial score (nSPS) is 19.5. The number of likely N-dealkylation sites (tertiary alicyclic amines) is 1. The van der Waals surface area contributed by atoms with Crippen LogP contribution in [0.3, 0.4) is 0 Å². The summed E-state index contributed by atoms with van der Waals surface area (Å²) >= 11 is 1.31. The van der Waals surface area contributed by atoms with E-state index in [4.69, 9.17) is 10.8 Å². The lowest BCUT2D eigenvalue weighted by Gasteiger charge is -2.20. The van der Waals surface area contributed by atoms with Crippen molar-refractivity contribution < 1.29 is 14.7 Å². The fourth-order valence-electron chi connectivity index (χ4n) is 1.59. The number of thioether (sulfide) groups is 1. The lowest BCUT2D eigenvalue weighted by atomic mass is 10.4. The van der Waals surface area contributed by atoms with Crippen LogP contribution >= 0.6 is 11.8 Å². The average Bonchev–Trinajstić information content (AvgIpc) is 2.77. The van der Waals surface area contributed by atoms with Crippen molar-refractivity contribution in [1.29, 1.82) is 0 Å². The Morgan fingerprint density at radius 1 is 1.44 bits per heavy atom. The van der Waals surface area contributed by atoms with E-state index in [1.807, 2.05) is 4.90 Å². The van der Waals surface area contributed by atoms with Gasteiger partial charge in [0.15, 0.2) is 0 Å². The zero-order chi connectivity index (χ0) is 12.1. The first kappa shape index (κ1) is 13.3. The van der Waals surface area contributed by atoms with Gasteiger partial charge in [0, 0.05) is 18.8 Å². The molecule has 0 bridgehead atoms. The van der Waals surface area contributed by atoms with Gasteiger partial charge in [0.25, 0.3) is 0 Å². The maximum atomic E-state index is 11.8. The van der Waals surface area contributed by atoms with Crippen LogP contribution in [0.1, 0.15) is 19.8 Å². The monoisotopic (exact) mass is 246 g/mol. The minimum Gasteiger partial charge on any atom is -0.480 e. The van der Waals surface area contributed by atoms with E-state index < -0.39 is 12.0 Å². The van der Waals surface area contributed by atoms with Crippen LogP contribution in [0, 0.1) is 0 Å². The number of carbonyl (C=O) groups is 2. The smallest absolute Gasteiger partial charge is 0.321 e. The zero-order valence-corrected chi connectivity index (χ0v) is 10.2. The number of carboxylic acid groups (broad SMARTS) is 1. The van der Waals surface area contributed by atoms with Crippen LogP contribution in [0.15, 0.2) is 0 Å². The molecule has 16 heavy (non-hydrogen) atoms. The maximum absolute atomic E-state index is 11.8. The molecule has 0 saturated carbocycles. The first-order chi connectivity index (χ1) is 7.52. The lowest BCUT2D eigenvalue weighted by Crippen LogP contribution is -2.37. The number of carboxylic acids is 1. The first-order valence-electron chi connectivity index (χ1n) is 5.41. The highest BCUT2D eigenvalue weighted by atomic mass is 32.2. The number of hydrogen-bond donors (Lipinski definition) is 2. The molecule has 2 atom stereocenters. The molecule has 0 aromatic heterocycles. The molecule has 0 aliphatic carbocycles. The third kappa shape index (κ3) is 3.68. The van der Waals surface area contributed by atoms with Gasteiger partial charge in [-0.25, -0.2) is 0 Å². The molecule has 1 rings (SSSR count). The number of rotatable bonds is 5. The Kier molecular flexibility index (Phi) is 5.08. The van der Waals surface area contributed by atoms with Crippen molar-refractivity contribution in [3.8, 4) is 0 Å². The summed E-state index contributed by atoms with van der Waals surface area (Å²) < 4.78 is 0. The second-order valence-corrected chi connectivity index (χ2v) is 5.33. The van der Waals surface area contributed by atoms with Crippen LogP contribution in [0.25, 0.3) is 0 Å². The zero-order valence-electron chi connectivity index (χ0n) is 9.39. The summed E-state index contributed by atoms with van der Waals surface area (Å²) in [7, 11) is 0. The topological polar surface area (TPSA) is 83.6 Å². The van der Waals surface area contributed by atoms with Gasteiger partial charge in [-0.3, -0.25) is 9.59 Å². The highest BCUT2D eigenvalue weighted by Gasteiger charge is 2.24. The van der Waals surface area contributed by atoms with Crippen molar-refractivity contribution in [1.82, 2.24) is 4.90 Å². The summed E-state index contributed by atoms with van der Waals surface area (Å²) in [6.45, 7) is 3.46. The van der Waals surface area contributed by atoms with Gasteiger partial charge in [0.05, 0.1) is 5.25 Å². The number of aliphatic carboxylic acids is 1. The van der Waals surface area contributed by atoms with Gasteiger partial charge in [-0.15, -0.1) is 11.8 Å². The van der Waals surface area contributed by atoms with Crippen LogP contribution in [0.2, 0.25) is 0 Å². The Balaban J connectivity index is 2.31. The van der Waals surface area contributed by atoms with E-state index in [0.29, 0.717) is 0 Å². The molecular weight excluding hydrogens is 228 g/mol. The summed E-state index contributed by atoms with van der Waals surface area (Å²) in [6, 6.07) is -0.890. The second kappa shape index (κ2) is 6.10. The summed E-state index contributed by atoms with van der Waals surface area (Å²) in [5.74, 6) is -0.649. The van der Waals surface area contributed by atoms with Crippen LogP contribution in [0.4, 0.5) is 0 Å². The number of hydrogen-bond acceptors (Lipinski definition) is 4. The molecule has 1 amide bonds. The Hall–Kier alpha value is -0.750. The van der Waals surface area contributed by atoms with Crippen LogP contribution < -0.4 is 5.73 Å². The van der Waals surface area contributed by atoms with Gasteiger partial charge in [0.1, 0.15) is 6.04 Å². The molecular formula is C10H18N2O3S. The van der Waals surface area contributed by atoms with E-state index in [2.05, 4.69) is 0 Å². The highest BCUT2D eigenvalue weighted by molar-refractivity contribution is 8.00. The molecule has 1 aliphatic heterocycles. The molecule has 3 N–H and O–H groups in total. The molecule has 0 spiro atoms. The van der Waals surface area contributed by atoms with E-state index in [9.17, 15) is 9.59 Å². The minimum atomic E-state index is -1.02. The maximum Gasteiger partial charge on any atom is 0.321 e. The molecule has 5 nitrogen and oxygen atoms in total. The van der Waals surface area contributed by atoms with E-state index in [-0.39, 0.29) is 16.9 Å². The molecule has 1 aliphatic rings. The van der Waals surface area contributed by atoms with E-state index in [0.717, 1.165) is 25.9 Å². The number of carbonyl (C=O) groups excluding carboxylic acids is 1. The summed E-state index contributed by atoms with van der Waals surface area (Å²) in [5, 5.41) is 8.41. The second-order valence-electron chi connectivity index (χ2n) is 3.95. The van der Waals surface area contributed by atoms with Gasteiger partial charge in [0.2, 0.25) is 5.91 Å². The SMILES string of the molecule is CC(SC[C@H](N)C(=O)O)C(=O)N1CCCC1. The molecule has 1 heterocycles. The van der Waals surface area contributed by atoms with Crippen molar-refractivity contribution >= 4 is 23.6 Å². The Morgan fingerprint density at radius 2 is 2.00 bits per heavy atom. The predicted octanol–water partition coefficient (Wildman–Crippen LogP) is 0.142. The van der Waals surface area contributed by atoms with Gasteiger partial charge >= 0.3 is 5.97 Å². The third-order valence-electron chi connectivity index (χ3n) is 2.61. The number of nitrogens with zero attached hydrogens (tertiary/aromatic N) is 1. The van der Waals surface area contributed by atoms with Gasteiger partial charge in [-0.05, 0) is 19.8 Å². The molecule has 1 saturated heterocycles. The van der Waals surface area contributed by atoms with Crippen LogP contribution in [-0.4, -0.2) is 52.0 Å². The Morgan fingerprint density at radius 3 is 2.50 bits per heavy atom. The van der Waals surface area contributed by atoms with Crippen molar-refractivity contribution in [2.24, 2.45) is 5.73 Å². The third-order valence-corrected chi connectivity index (χ3v) is 3.86. The molecule has 1 fully saturated rings. The Labute approximate surface area is 99.4 Å². The van der Waals surface area contributed by atoms with Crippen LogP contribution in [-0.2, 0) is 9.59 Å². The van der Waals surface area contributed by atoms with E-state index >= 15 is 0 Å². The summed E-state index contributed by atoms with van der Waals surface area (Å²) in [5.41, 5.74) is 5.37.